The minimum absolute atomic E-state index is 0.0603. The van der Waals surface area contributed by atoms with Crippen molar-refractivity contribution in [1.82, 2.24) is 20.1 Å². The number of carbonyl (C=O) groups excluding carboxylic acids is 1. The van der Waals surface area contributed by atoms with E-state index in [-0.39, 0.29) is 11.9 Å². The number of carbonyl (C=O) groups is 1. The molecule has 2 aromatic carbocycles. The second kappa shape index (κ2) is 7.93. The van der Waals surface area contributed by atoms with E-state index in [4.69, 9.17) is 11.6 Å². The highest BCUT2D eigenvalue weighted by molar-refractivity contribution is 8.00. The van der Waals surface area contributed by atoms with E-state index in [0.29, 0.717) is 27.3 Å². The Hall–Kier alpha value is -2.38. The molecule has 1 N–H and O–H groups in total. The molecular formula is C20H18ClFN4OS. The number of nitrogens with one attached hydrogen (secondary N) is 1. The summed E-state index contributed by atoms with van der Waals surface area (Å²) in [6.07, 6.45) is 2.04. The van der Waals surface area contributed by atoms with Crippen LogP contribution in [0.4, 0.5) is 4.39 Å². The summed E-state index contributed by atoms with van der Waals surface area (Å²) in [5.41, 5.74) is 0.946. The molecule has 8 heteroatoms. The zero-order chi connectivity index (χ0) is 19.7. The van der Waals surface area contributed by atoms with Gasteiger partial charge in [0, 0.05) is 11.6 Å². The van der Waals surface area contributed by atoms with Gasteiger partial charge in [-0.15, -0.1) is 10.2 Å². The van der Waals surface area contributed by atoms with E-state index in [1.165, 1.54) is 17.8 Å². The topological polar surface area (TPSA) is 59.8 Å². The van der Waals surface area contributed by atoms with Crippen LogP contribution in [0.3, 0.4) is 0 Å². The smallest absolute Gasteiger partial charge is 0.233 e. The third-order valence-electron chi connectivity index (χ3n) is 4.42. The van der Waals surface area contributed by atoms with Crippen molar-refractivity contribution in [1.29, 1.82) is 0 Å². The molecule has 0 radical (unpaired) electrons. The summed E-state index contributed by atoms with van der Waals surface area (Å²) >= 11 is 7.58. The zero-order valence-corrected chi connectivity index (χ0v) is 16.7. The number of benzene rings is 2. The molecule has 1 aliphatic carbocycles. The van der Waals surface area contributed by atoms with Crippen LogP contribution in [0.15, 0.2) is 53.7 Å². The highest BCUT2D eigenvalue weighted by Gasteiger charge is 2.28. The molecule has 4 rings (SSSR count). The molecule has 3 aromatic rings. The quantitative estimate of drug-likeness (QED) is 0.601. The Balaban J connectivity index is 1.75. The predicted octanol–water partition coefficient (Wildman–Crippen LogP) is 4.49. The van der Waals surface area contributed by atoms with Gasteiger partial charge in [-0.3, -0.25) is 9.36 Å². The Labute approximate surface area is 171 Å². The number of hydrogen-bond donors (Lipinski definition) is 1. The van der Waals surface area contributed by atoms with Gasteiger partial charge in [-0.2, -0.15) is 0 Å². The third kappa shape index (κ3) is 3.91. The van der Waals surface area contributed by atoms with Crippen LogP contribution in [0.2, 0.25) is 5.02 Å². The average Bonchev–Trinajstić information content (AvgIpc) is 3.41. The van der Waals surface area contributed by atoms with Crippen LogP contribution in [0.5, 0.6) is 0 Å². The van der Waals surface area contributed by atoms with Crippen molar-refractivity contribution in [3.63, 3.8) is 0 Å². The molecule has 1 atom stereocenters. The lowest BCUT2D eigenvalue weighted by Gasteiger charge is -2.14. The highest BCUT2D eigenvalue weighted by Crippen LogP contribution is 2.34. The van der Waals surface area contributed by atoms with Crippen molar-refractivity contribution in [2.24, 2.45) is 0 Å². The van der Waals surface area contributed by atoms with Crippen molar-refractivity contribution < 1.29 is 9.18 Å². The summed E-state index contributed by atoms with van der Waals surface area (Å²) in [5, 5.41) is 12.0. The second-order valence-electron chi connectivity index (χ2n) is 6.62. The monoisotopic (exact) mass is 416 g/mol. The molecule has 0 saturated heterocycles. The van der Waals surface area contributed by atoms with Gasteiger partial charge >= 0.3 is 0 Å². The number of para-hydroxylation sites is 1. The zero-order valence-electron chi connectivity index (χ0n) is 15.1. The van der Waals surface area contributed by atoms with Crippen molar-refractivity contribution in [2.45, 2.75) is 36.2 Å². The van der Waals surface area contributed by atoms with Crippen LogP contribution in [-0.4, -0.2) is 32.0 Å². The fourth-order valence-electron chi connectivity index (χ4n) is 2.77. The van der Waals surface area contributed by atoms with Gasteiger partial charge in [0.15, 0.2) is 11.0 Å². The summed E-state index contributed by atoms with van der Waals surface area (Å²) in [6.45, 7) is 1.80. The average molecular weight is 417 g/mol. The van der Waals surface area contributed by atoms with E-state index in [9.17, 15) is 9.18 Å². The van der Waals surface area contributed by atoms with Crippen LogP contribution in [0.1, 0.15) is 19.8 Å². The van der Waals surface area contributed by atoms with Crippen LogP contribution >= 0.6 is 23.4 Å². The van der Waals surface area contributed by atoms with Crippen molar-refractivity contribution in [3.8, 4) is 17.1 Å². The number of halogens is 2. The molecule has 0 aliphatic heterocycles. The van der Waals surface area contributed by atoms with E-state index in [2.05, 4.69) is 15.5 Å². The molecule has 0 spiro atoms. The largest absolute Gasteiger partial charge is 0.352 e. The van der Waals surface area contributed by atoms with Gasteiger partial charge in [-0.25, -0.2) is 4.39 Å². The molecule has 1 amide bonds. The van der Waals surface area contributed by atoms with Gasteiger partial charge in [-0.1, -0.05) is 47.6 Å². The number of hydrogen-bond acceptors (Lipinski definition) is 4. The number of thioether (sulfide) groups is 1. The van der Waals surface area contributed by atoms with Crippen LogP contribution in [0.25, 0.3) is 17.1 Å². The van der Waals surface area contributed by atoms with E-state index in [1.807, 2.05) is 12.1 Å². The standard InChI is InChI=1S/C20H18ClFN4OS/c1-12(19(27)23-13-10-11-13)28-20-25-24-18(14-6-2-3-7-15(14)21)26(20)17-9-5-4-8-16(17)22/h2-9,12-13H,10-11H2,1H3,(H,23,27)/t12-/m1/s1. The first-order valence-corrected chi connectivity index (χ1v) is 10.2. The third-order valence-corrected chi connectivity index (χ3v) is 5.79. The molecule has 1 aromatic heterocycles. The van der Waals surface area contributed by atoms with Crippen molar-refractivity contribution in [2.75, 3.05) is 0 Å². The summed E-state index contributed by atoms with van der Waals surface area (Å²) in [5.74, 6) is -0.0459. The van der Waals surface area contributed by atoms with E-state index < -0.39 is 11.1 Å². The Kier molecular flexibility index (Phi) is 5.37. The lowest BCUT2D eigenvalue weighted by molar-refractivity contribution is -0.120. The maximum atomic E-state index is 14.6. The van der Waals surface area contributed by atoms with Gasteiger partial charge in [0.2, 0.25) is 5.91 Å². The number of rotatable bonds is 6. The van der Waals surface area contributed by atoms with Gasteiger partial charge in [0.25, 0.3) is 0 Å². The van der Waals surface area contributed by atoms with Gasteiger partial charge in [0.1, 0.15) is 5.82 Å². The first-order valence-electron chi connectivity index (χ1n) is 8.97. The molecule has 28 heavy (non-hydrogen) atoms. The van der Waals surface area contributed by atoms with E-state index in [1.54, 1.807) is 41.8 Å². The molecule has 1 heterocycles. The summed E-state index contributed by atoms with van der Waals surface area (Å²) in [7, 11) is 0. The van der Waals surface area contributed by atoms with Crippen LogP contribution in [-0.2, 0) is 4.79 Å². The van der Waals surface area contributed by atoms with E-state index >= 15 is 0 Å². The molecule has 0 bridgehead atoms. The highest BCUT2D eigenvalue weighted by atomic mass is 35.5. The fraction of sp³-hybridized carbons (Fsp3) is 0.250. The molecule has 5 nitrogen and oxygen atoms in total. The second-order valence-corrected chi connectivity index (χ2v) is 8.33. The molecule has 0 unspecified atom stereocenters. The van der Waals surface area contributed by atoms with Crippen LogP contribution in [0, 0.1) is 5.82 Å². The van der Waals surface area contributed by atoms with Crippen molar-refractivity contribution >= 4 is 29.3 Å². The minimum atomic E-state index is -0.410. The summed E-state index contributed by atoms with van der Waals surface area (Å²) in [4.78, 5) is 12.4. The predicted molar refractivity (Wildman–Crippen MR) is 108 cm³/mol. The summed E-state index contributed by atoms with van der Waals surface area (Å²) < 4.78 is 16.2. The van der Waals surface area contributed by atoms with E-state index in [0.717, 1.165) is 12.8 Å². The minimum Gasteiger partial charge on any atom is -0.352 e. The fourth-order valence-corrected chi connectivity index (χ4v) is 3.86. The Morgan fingerprint density at radius 3 is 2.64 bits per heavy atom. The Bertz CT molecular complexity index is 1020. The number of amides is 1. The lowest BCUT2D eigenvalue weighted by atomic mass is 10.2. The van der Waals surface area contributed by atoms with Gasteiger partial charge in [0.05, 0.1) is 16.0 Å². The molecule has 1 aliphatic rings. The summed E-state index contributed by atoms with van der Waals surface area (Å²) in [6, 6.07) is 13.9. The lowest BCUT2D eigenvalue weighted by Crippen LogP contribution is -2.32. The molecule has 1 fully saturated rings. The van der Waals surface area contributed by atoms with Crippen molar-refractivity contribution in [3.05, 3.63) is 59.4 Å². The molecular weight excluding hydrogens is 399 g/mol. The van der Waals surface area contributed by atoms with Crippen LogP contribution < -0.4 is 5.32 Å². The molecule has 144 valence electrons. The Morgan fingerprint density at radius 1 is 1.21 bits per heavy atom. The maximum absolute atomic E-state index is 14.6. The number of aromatic nitrogens is 3. The molecule has 1 saturated carbocycles. The number of nitrogens with zero attached hydrogens (tertiary/aromatic N) is 3. The maximum Gasteiger partial charge on any atom is 0.233 e. The SMILES string of the molecule is C[C@@H](Sc1nnc(-c2ccccc2Cl)n1-c1ccccc1F)C(=O)NC1CC1. The first kappa shape index (κ1) is 19.0. The normalized spacial score (nSPS) is 14.7. The first-order chi connectivity index (χ1) is 13.5. The van der Waals surface area contributed by atoms with Gasteiger partial charge < -0.3 is 5.32 Å². The Morgan fingerprint density at radius 2 is 1.93 bits per heavy atom. The van der Waals surface area contributed by atoms with Gasteiger partial charge in [-0.05, 0) is 44.0 Å².